The third-order valence-corrected chi connectivity index (χ3v) is 4.53. The van der Waals surface area contributed by atoms with Crippen LogP contribution in [0.25, 0.3) is 11.1 Å². The van der Waals surface area contributed by atoms with E-state index < -0.39 is 0 Å². The van der Waals surface area contributed by atoms with Gasteiger partial charge in [0.15, 0.2) is 0 Å². The molecule has 2 aromatic carbocycles. The summed E-state index contributed by atoms with van der Waals surface area (Å²) < 4.78 is 5.09. The molecule has 6 heteroatoms. The van der Waals surface area contributed by atoms with Crippen molar-refractivity contribution in [3.63, 3.8) is 0 Å². The number of carbonyl (C=O) groups is 2. The van der Waals surface area contributed by atoms with E-state index in [1.807, 2.05) is 50.2 Å². The second-order valence-electron chi connectivity index (χ2n) is 7.16. The number of anilines is 1. The molecule has 0 aliphatic rings. The Bertz CT molecular complexity index is 1020. The number of hydrogen-bond donors (Lipinski definition) is 2. The molecule has 0 saturated carbocycles. The highest BCUT2D eigenvalue weighted by molar-refractivity contribution is 6.04. The van der Waals surface area contributed by atoms with Crippen molar-refractivity contribution in [1.82, 2.24) is 10.3 Å². The van der Waals surface area contributed by atoms with Crippen LogP contribution >= 0.6 is 0 Å². The number of rotatable bonds is 7. The summed E-state index contributed by atoms with van der Waals surface area (Å²) in [4.78, 5) is 29.4. The van der Waals surface area contributed by atoms with Crippen LogP contribution in [0, 0.1) is 6.92 Å². The number of pyridine rings is 1. The van der Waals surface area contributed by atoms with Gasteiger partial charge in [0, 0.05) is 30.6 Å². The summed E-state index contributed by atoms with van der Waals surface area (Å²) in [5.41, 5.74) is 4.20. The fourth-order valence-electron chi connectivity index (χ4n) is 3.03. The number of aromatic nitrogens is 1. The Hall–Kier alpha value is -3.51. The number of benzene rings is 2. The van der Waals surface area contributed by atoms with E-state index in [-0.39, 0.29) is 17.9 Å². The molecule has 0 aliphatic carbocycles. The molecule has 1 heterocycles. The molecule has 30 heavy (non-hydrogen) atoms. The third-order valence-electron chi connectivity index (χ3n) is 4.53. The van der Waals surface area contributed by atoms with Crippen LogP contribution in [0.3, 0.4) is 0 Å². The maximum atomic E-state index is 12.8. The van der Waals surface area contributed by atoms with Gasteiger partial charge in [0.2, 0.25) is 0 Å². The smallest absolute Gasteiger partial charge is 0.274 e. The van der Waals surface area contributed by atoms with Gasteiger partial charge in [0.25, 0.3) is 11.8 Å². The summed E-state index contributed by atoms with van der Waals surface area (Å²) in [5.74, 6) is -0.572. The van der Waals surface area contributed by atoms with E-state index in [4.69, 9.17) is 4.74 Å². The lowest BCUT2D eigenvalue weighted by molar-refractivity contribution is 0.0905. The number of nitrogens with one attached hydrogen (secondary N) is 2. The molecule has 0 aliphatic heterocycles. The molecular weight excluding hydrogens is 378 g/mol. The van der Waals surface area contributed by atoms with E-state index >= 15 is 0 Å². The fraction of sp³-hybridized carbons (Fsp3) is 0.208. The predicted octanol–water partition coefficient (Wildman–Crippen LogP) is 4.07. The summed E-state index contributed by atoms with van der Waals surface area (Å²) in [7, 11) is 1.59. The van der Waals surface area contributed by atoms with Gasteiger partial charge in [0.1, 0.15) is 5.69 Å². The number of aryl methyl sites for hydroxylation is 1. The number of hydrogen-bond acceptors (Lipinski definition) is 4. The molecule has 0 fully saturated rings. The zero-order valence-corrected chi connectivity index (χ0v) is 17.3. The van der Waals surface area contributed by atoms with Gasteiger partial charge >= 0.3 is 0 Å². The topological polar surface area (TPSA) is 80.3 Å². The van der Waals surface area contributed by atoms with Crippen molar-refractivity contribution in [2.75, 3.05) is 19.0 Å². The number of carbonyl (C=O) groups excluding carboxylic acids is 2. The van der Waals surface area contributed by atoms with E-state index in [9.17, 15) is 9.59 Å². The molecule has 154 valence electrons. The fourth-order valence-corrected chi connectivity index (χ4v) is 3.03. The van der Waals surface area contributed by atoms with E-state index in [1.54, 1.807) is 37.6 Å². The first kappa shape index (κ1) is 21.2. The lowest BCUT2D eigenvalue weighted by Gasteiger charge is -2.15. The second kappa shape index (κ2) is 9.80. The highest BCUT2D eigenvalue weighted by Gasteiger charge is 2.14. The van der Waals surface area contributed by atoms with Gasteiger partial charge < -0.3 is 15.4 Å². The highest BCUT2D eigenvalue weighted by Crippen LogP contribution is 2.26. The molecule has 1 atom stereocenters. The van der Waals surface area contributed by atoms with E-state index in [0.717, 1.165) is 16.7 Å². The first-order chi connectivity index (χ1) is 14.5. The van der Waals surface area contributed by atoms with E-state index in [0.29, 0.717) is 23.6 Å². The summed E-state index contributed by atoms with van der Waals surface area (Å²) in [6.45, 7) is 4.30. The molecule has 2 N–H and O–H groups in total. The average molecular weight is 403 g/mol. The third kappa shape index (κ3) is 5.52. The van der Waals surface area contributed by atoms with Crippen LogP contribution in [0.5, 0.6) is 0 Å². The van der Waals surface area contributed by atoms with E-state index in [2.05, 4.69) is 15.6 Å². The summed E-state index contributed by atoms with van der Waals surface area (Å²) in [6, 6.07) is 18.3. The minimum atomic E-state index is -0.337. The Morgan fingerprint density at radius 2 is 1.77 bits per heavy atom. The van der Waals surface area contributed by atoms with Crippen LogP contribution in [-0.2, 0) is 4.74 Å². The second-order valence-corrected chi connectivity index (χ2v) is 7.16. The Kier molecular flexibility index (Phi) is 6.93. The number of methoxy groups -OCH3 is 1. The Morgan fingerprint density at radius 1 is 1.00 bits per heavy atom. The van der Waals surface area contributed by atoms with Crippen molar-refractivity contribution in [3.8, 4) is 11.1 Å². The SMILES string of the molecule is COCC(C)NC(=O)c1cc(NC(=O)c2ccccn2)cc(-c2ccc(C)cc2)c1. The molecule has 3 aromatic rings. The molecule has 0 radical (unpaired) electrons. The maximum Gasteiger partial charge on any atom is 0.274 e. The van der Waals surface area contributed by atoms with Crippen LogP contribution in [0.15, 0.2) is 66.9 Å². The van der Waals surface area contributed by atoms with Gasteiger partial charge in [-0.2, -0.15) is 0 Å². The van der Waals surface area contributed by atoms with Crippen LogP contribution in [0.2, 0.25) is 0 Å². The van der Waals surface area contributed by atoms with E-state index in [1.165, 1.54) is 0 Å². The minimum Gasteiger partial charge on any atom is -0.383 e. The Morgan fingerprint density at radius 3 is 2.43 bits per heavy atom. The van der Waals surface area contributed by atoms with Crippen molar-refractivity contribution in [1.29, 1.82) is 0 Å². The number of ether oxygens (including phenoxy) is 1. The van der Waals surface area contributed by atoms with Gasteiger partial charge in [0.05, 0.1) is 6.61 Å². The van der Waals surface area contributed by atoms with Crippen molar-refractivity contribution in [2.24, 2.45) is 0 Å². The summed E-state index contributed by atoms with van der Waals surface area (Å²) in [6.07, 6.45) is 1.56. The first-order valence-electron chi connectivity index (χ1n) is 9.70. The molecule has 2 amide bonds. The lowest BCUT2D eigenvalue weighted by atomic mass is 10.0. The molecule has 0 saturated heterocycles. The van der Waals surface area contributed by atoms with Crippen LogP contribution in [-0.4, -0.2) is 36.6 Å². The molecule has 3 rings (SSSR count). The zero-order valence-electron chi connectivity index (χ0n) is 17.3. The zero-order chi connectivity index (χ0) is 21.5. The monoisotopic (exact) mass is 403 g/mol. The Balaban J connectivity index is 1.94. The summed E-state index contributed by atoms with van der Waals surface area (Å²) >= 11 is 0. The van der Waals surface area contributed by atoms with Crippen molar-refractivity contribution >= 4 is 17.5 Å². The van der Waals surface area contributed by atoms with Crippen molar-refractivity contribution in [3.05, 3.63) is 83.7 Å². The average Bonchev–Trinajstić information content (AvgIpc) is 2.74. The van der Waals surface area contributed by atoms with Crippen LogP contribution in [0.1, 0.15) is 33.3 Å². The number of nitrogens with zero attached hydrogens (tertiary/aromatic N) is 1. The predicted molar refractivity (Wildman–Crippen MR) is 118 cm³/mol. The van der Waals surface area contributed by atoms with Crippen LogP contribution < -0.4 is 10.6 Å². The van der Waals surface area contributed by atoms with Gasteiger partial charge in [-0.1, -0.05) is 35.9 Å². The van der Waals surface area contributed by atoms with Crippen molar-refractivity contribution < 1.29 is 14.3 Å². The molecule has 1 aromatic heterocycles. The molecule has 6 nitrogen and oxygen atoms in total. The Labute approximate surface area is 176 Å². The molecule has 0 bridgehead atoms. The van der Waals surface area contributed by atoms with Gasteiger partial charge in [-0.15, -0.1) is 0 Å². The maximum absolute atomic E-state index is 12.8. The lowest BCUT2D eigenvalue weighted by Crippen LogP contribution is -2.35. The van der Waals surface area contributed by atoms with Gasteiger partial charge in [-0.25, -0.2) is 0 Å². The summed E-state index contributed by atoms with van der Waals surface area (Å²) in [5, 5.41) is 5.76. The molecular formula is C24H25N3O3. The largest absolute Gasteiger partial charge is 0.383 e. The molecule has 1 unspecified atom stereocenters. The first-order valence-corrected chi connectivity index (χ1v) is 9.70. The van der Waals surface area contributed by atoms with Gasteiger partial charge in [-0.05, 0) is 55.3 Å². The number of amides is 2. The van der Waals surface area contributed by atoms with Crippen LogP contribution in [0.4, 0.5) is 5.69 Å². The minimum absolute atomic E-state index is 0.142. The normalized spacial score (nSPS) is 11.6. The molecule has 0 spiro atoms. The van der Waals surface area contributed by atoms with Crippen molar-refractivity contribution in [2.45, 2.75) is 19.9 Å². The standard InChI is InChI=1S/C24H25N3O3/c1-16-7-9-18(10-8-16)19-12-20(23(28)26-17(2)15-30-3)14-21(13-19)27-24(29)22-6-4-5-11-25-22/h4-14,17H,15H2,1-3H3,(H,26,28)(H,27,29). The quantitative estimate of drug-likeness (QED) is 0.623. The highest BCUT2D eigenvalue weighted by atomic mass is 16.5. The van der Waals surface area contributed by atoms with Gasteiger partial charge in [-0.3, -0.25) is 14.6 Å².